The van der Waals surface area contributed by atoms with Crippen molar-refractivity contribution in [3.8, 4) is 6.07 Å². The fourth-order valence-corrected chi connectivity index (χ4v) is 12.1. The molecule has 6 aliphatic rings. The number of nitriles is 1. The Kier molecular flexibility index (Phi) is 8.51. The number of carbonyl (C=O) groups is 2. The number of nitrogens with zero attached hydrogens (tertiary/aromatic N) is 4. The molecule has 0 unspecified atom stereocenters. The SMILES string of the molecule is C[C@@H](O)[C@H]1CC[C@H]2[C@@H]3CC[C@H]4C[C@H](O)[C@@H](N5CCN(C(=O)[C@H]6CCCN6C(=O)c6ccc(C#N)cc6)CC5)C[C@]4(C)[C@H]3CC[C@]12C. The summed E-state index contributed by atoms with van der Waals surface area (Å²) in [6, 6.07) is 8.45. The van der Waals surface area contributed by atoms with E-state index in [0.29, 0.717) is 60.9 Å². The molecule has 7 rings (SSSR count). The lowest BCUT2D eigenvalue weighted by Crippen LogP contribution is -2.62. The highest BCUT2D eigenvalue weighted by atomic mass is 16.3. The zero-order valence-corrected chi connectivity index (χ0v) is 28.1. The fourth-order valence-electron chi connectivity index (χ4n) is 12.1. The number of amides is 2. The Morgan fingerprint density at radius 3 is 2.35 bits per heavy atom. The number of fused-ring (bicyclic) bond motifs is 5. The molecule has 0 spiro atoms. The minimum atomic E-state index is -0.435. The summed E-state index contributed by atoms with van der Waals surface area (Å²) in [5.74, 6) is 3.04. The summed E-state index contributed by atoms with van der Waals surface area (Å²) in [6.07, 6.45) is 10.2. The molecular weight excluding hydrogens is 576 g/mol. The van der Waals surface area contributed by atoms with E-state index < -0.39 is 6.04 Å². The molecule has 1 aromatic carbocycles. The number of aliphatic hydroxyl groups is 2. The highest BCUT2D eigenvalue weighted by Crippen LogP contribution is 2.68. The monoisotopic (exact) mass is 630 g/mol. The molecule has 4 saturated carbocycles. The van der Waals surface area contributed by atoms with E-state index in [9.17, 15) is 19.8 Å². The second-order valence-corrected chi connectivity index (χ2v) is 16.4. The van der Waals surface area contributed by atoms with Crippen LogP contribution >= 0.6 is 0 Å². The van der Waals surface area contributed by atoms with E-state index in [1.54, 1.807) is 29.2 Å². The van der Waals surface area contributed by atoms with Crippen molar-refractivity contribution in [1.29, 1.82) is 5.26 Å². The molecule has 8 nitrogen and oxygen atoms in total. The van der Waals surface area contributed by atoms with Gasteiger partial charge in [-0.3, -0.25) is 14.5 Å². The summed E-state index contributed by atoms with van der Waals surface area (Å²) in [7, 11) is 0. The average molecular weight is 631 g/mol. The van der Waals surface area contributed by atoms with E-state index in [1.807, 2.05) is 11.8 Å². The maximum absolute atomic E-state index is 13.8. The number of hydrogen-bond acceptors (Lipinski definition) is 6. The van der Waals surface area contributed by atoms with Gasteiger partial charge in [0.1, 0.15) is 6.04 Å². The number of rotatable bonds is 4. The Morgan fingerprint density at radius 1 is 0.935 bits per heavy atom. The van der Waals surface area contributed by atoms with Crippen LogP contribution in [0.25, 0.3) is 0 Å². The first-order valence-corrected chi connectivity index (χ1v) is 18.2. The summed E-state index contributed by atoms with van der Waals surface area (Å²) in [5, 5.41) is 31.3. The van der Waals surface area contributed by atoms with Gasteiger partial charge in [0, 0.05) is 44.3 Å². The molecule has 2 N–H and O–H groups in total. The lowest BCUT2D eigenvalue weighted by molar-refractivity contribution is -0.156. The number of benzene rings is 1. The van der Waals surface area contributed by atoms with Gasteiger partial charge >= 0.3 is 0 Å². The summed E-state index contributed by atoms with van der Waals surface area (Å²) in [6.45, 7) is 10.4. The van der Waals surface area contributed by atoms with Gasteiger partial charge in [0.05, 0.1) is 23.8 Å². The van der Waals surface area contributed by atoms with Crippen LogP contribution in [0, 0.1) is 51.8 Å². The van der Waals surface area contributed by atoms with Crippen molar-refractivity contribution in [2.75, 3.05) is 32.7 Å². The van der Waals surface area contributed by atoms with Crippen LogP contribution < -0.4 is 0 Å². The summed E-state index contributed by atoms with van der Waals surface area (Å²) >= 11 is 0. The van der Waals surface area contributed by atoms with E-state index in [1.165, 1.54) is 32.1 Å². The first-order chi connectivity index (χ1) is 22.0. The molecule has 11 atom stereocenters. The molecule has 2 saturated heterocycles. The van der Waals surface area contributed by atoms with Crippen LogP contribution in [-0.2, 0) is 4.79 Å². The number of carbonyl (C=O) groups excluding carboxylic acids is 2. The van der Waals surface area contributed by atoms with Crippen molar-refractivity contribution in [2.45, 2.75) is 109 Å². The normalized spacial score (nSPS) is 41.7. The van der Waals surface area contributed by atoms with Gasteiger partial charge in [0.15, 0.2) is 0 Å². The molecule has 0 bridgehead atoms. The first kappa shape index (κ1) is 32.1. The highest BCUT2D eigenvalue weighted by Gasteiger charge is 2.62. The summed E-state index contributed by atoms with van der Waals surface area (Å²) in [5.41, 5.74) is 1.52. The summed E-state index contributed by atoms with van der Waals surface area (Å²) in [4.78, 5) is 33.3. The van der Waals surface area contributed by atoms with Crippen LogP contribution in [0.1, 0.15) is 101 Å². The first-order valence-electron chi connectivity index (χ1n) is 18.2. The predicted octanol–water partition coefficient (Wildman–Crippen LogP) is 4.69. The standard InChI is InChI=1S/C38H54N4O4/c1-24(43)29-12-13-30-28-11-10-27-21-34(44)33(22-38(27,3)31(28)14-15-37(29,30)2)40-17-19-41(20-18-40)36(46)32-5-4-16-42(32)35(45)26-8-6-25(23-39)7-9-26/h6-9,24,27-34,43-44H,4-5,10-22H2,1-3H3/t24-,27+,28+,29-,30+,31+,32-,33+,34+,37-,38+/m1/s1. The van der Waals surface area contributed by atoms with Crippen LogP contribution in [0.4, 0.5) is 0 Å². The largest absolute Gasteiger partial charge is 0.393 e. The highest BCUT2D eigenvalue weighted by molar-refractivity contribution is 5.98. The lowest BCUT2D eigenvalue weighted by atomic mass is 9.44. The molecule has 6 fully saturated rings. The molecule has 2 heterocycles. The van der Waals surface area contributed by atoms with Gasteiger partial charge in [-0.1, -0.05) is 13.8 Å². The van der Waals surface area contributed by atoms with Crippen molar-refractivity contribution < 1.29 is 19.8 Å². The molecular formula is C38H54N4O4. The van der Waals surface area contributed by atoms with Crippen molar-refractivity contribution in [3.05, 3.63) is 35.4 Å². The topological polar surface area (TPSA) is 108 Å². The Balaban J connectivity index is 0.995. The van der Waals surface area contributed by atoms with E-state index in [4.69, 9.17) is 5.26 Å². The van der Waals surface area contributed by atoms with Gasteiger partial charge in [-0.15, -0.1) is 0 Å². The quantitative estimate of drug-likeness (QED) is 0.500. The zero-order valence-electron chi connectivity index (χ0n) is 28.1. The van der Waals surface area contributed by atoms with E-state index in [0.717, 1.165) is 44.7 Å². The minimum Gasteiger partial charge on any atom is -0.393 e. The van der Waals surface area contributed by atoms with Crippen molar-refractivity contribution in [2.24, 2.45) is 40.4 Å². The Morgan fingerprint density at radius 2 is 1.65 bits per heavy atom. The smallest absolute Gasteiger partial charge is 0.254 e. The number of piperazine rings is 1. The Bertz CT molecular complexity index is 1350. The van der Waals surface area contributed by atoms with E-state index >= 15 is 0 Å². The van der Waals surface area contributed by atoms with Crippen molar-refractivity contribution in [1.82, 2.24) is 14.7 Å². The van der Waals surface area contributed by atoms with Crippen LogP contribution in [-0.4, -0.2) is 93.7 Å². The van der Waals surface area contributed by atoms with Crippen LogP contribution in [0.2, 0.25) is 0 Å². The van der Waals surface area contributed by atoms with Gasteiger partial charge < -0.3 is 20.0 Å². The number of hydrogen-bond donors (Lipinski definition) is 2. The third-order valence-corrected chi connectivity index (χ3v) is 14.5. The second-order valence-electron chi connectivity index (χ2n) is 16.4. The minimum absolute atomic E-state index is 0.0443. The van der Waals surface area contributed by atoms with Gasteiger partial charge in [-0.05, 0) is 136 Å². The van der Waals surface area contributed by atoms with E-state index in [-0.39, 0.29) is 40.9 Å². The molecule has 2 aliphatic heterocycles. The van der Waals surface area contributed by atoms with Gasteiger partial charge in [0.2, 0.25) is 5.91 Å². The zero-order chi connectivity index (χ0) is 32.4. The lowest BCUT2D eigenvalue weighted by Gasteiger charge is -2.63. The maximum Gasteiger partial charge on any atom is 0.254 e. The number of likely N-dealkylation sites (tertiary alicyclic amines) is 1. The Labute approximate surface area is 275 Å². The average Bonchev–Trinajstić information content (AvgIpc) is 3.69. The van der Waals surface area contributed by atoms with Gasteiger partial charge in [-0.25, -0.2) is 0 Å². The molecule has 46 heavy (non-hydrogen) atoms. The molecule has 4 aliphatic carbocycles. The van der Waals surface area contributed by atoms with E-state index in [2.05, 4.69) is 24.8 Å². The van der Waals surface area contributed by atoms with Crippen LogP contribution in [0.3, 0.4) is 0 Å². The van der Waals surface area contributed by atoms with Gasteiger partial charge in [0.25, 0.3) is 5.91 Å². The molecule has 1 aromatic rings. The fraction of sp³-hybridized carbons (Fsp3) is 0.763. The number of aliphatic hydroxyl groups excluding tert-OH is 2. The van der Waals surface area contributed by atoms with Crippen molar-refractivity contribution >= 4 is 11.8 Å². The Hall–Kier alpha value is -2.47. The molecule has 250 valence electrons. The molecule has 8 heteroatoms. The van der Waals surface area contributed by atoms with Crippen LogP contribution in [0.5, 0.6) is 0 Å². The second kappa shape index (κ2) is 12.2. The summed E-state index contributed by atoms with van der Waals surface area (Å²) < 4.78 is 0. The molecule has 0 radical (unpaired) electrons. The van der Waals surface area contributed by atoms with Crippen LogP contribution in [0.15, 0.2) is 24.3 Å². The van der Waals surface area contributed by atoms with Gasteiger partial charge in [-0.2, -0.15) is 5.26 Å². The maximum atomic E-state index is 13.8. The molecule has 2 amide bonds. The van der Waals surface area contributed by atoms with Crippen molar-refractivity contribution in [3.63, 3.8) is 0 Å². The predicted molar refractivity (Wildman–Crippen MR) is 175 cm³/mol. The molecule has 0 aromatic heterocycles. The third-order valence-electron chi connectivity index (χ3n) is 14.5. The third kappa shape index (κ3) is 5.20.